The standard InChI is InChI=1S/C21H20ClN5S/c1-2-15-13-28-21-25-19(16-6-3-4-10-23-16)20(27(15)21)17-7-5-11-26(17)18-9-8-14(22)12-24-18/h3-12,15,19-20H,2,13H2,1H3/t15-,19-,20+/m0/s1. The summed E-state index contributed by atoms with van der Waals surface area (Å²) in [6, 6.07) is 14.7. The molecule has 0 N–H and O–H groups in total. The summed E-state index contributed by atoms with van der Waals surface area (Å²) in [4.78, 5) is 16.7. The van der Waals surface area contributed by atoms with Gasteiger partial charge in [0.05, 0.1) is 10.7 Å². The molecule has 2 aliphatic rings. The molecule has 0 radical (unpaired) electrons. The lowest BCUT2D eigenvalue weighted by molar-refractivity contribution is 0.248. The molecule has 5 nitrogen and oxygen atoms in total. The Morgan fingerprint density at radius 2 is 2.07 bits per heavy atom. The first-order valence-corrected chi connectivity index (χ1v) is 10.8. The van der Waals surface area contributed by atoms with E-state index in [0.717, 1.165) is 28.9 Å². The van der Waals surface area contributed by atoms with Gasteiger partial charge in [-0.1, -0.05) is 36.4 Å². The highest BCUT2D eigenvalue weighted by molar-refractivity contribution is 8.14. The molecule has 28 heavy (non-hydrogen) atoms. The van der Waals surface area contributed by atoms with Gasteiger partial charge in [-0.15, -0.1) is 0 Å². The number of aliphatic imine (C=N–C) groups is 1. The highest BCUT2D eigenvalue weighted by Gasteiger charge is 2.46. The molecule has 1 saturated heterocycles. The minimum absolute atomic E-state index is 0.0287. The van der Waals surface area contributed by atoms with Crippen LogP contribution in [0.25, 0.3) is 5.82 Å². The molecule has 0 aliphatic carbocycles. The zero-order valence-electron chi connectivity index (χ0n) is 15.4. The topological polar surface area (TPSA) is 46.3 Å². The summed E-state index contributed by atoms with van der Waals surface area (Å²) in [7, 11) is 0. The van der Waals surface area contributed by atoms with E-state index >= 15 is 0 Å². The Morgan fingerprint density at radius 1 is 1.14 bits per heavy atom. The average Bonchev–Trinajstić information content (AvgIpc) is 3.44. The molecule has 0 unspecified atom stereocenters. The number of fused-ring (bicyclic) bond motifs is 1. The Morgan fingerprint density at radius 3 is 2.82 bits per heavy atom. The van der Waals surface area contributed by atoms with E-state index in [4.69, 9.17) is 16.6 Å². The summed E-state index contributed by atoms with van der Waals surface area (Å²) >= 11 is 7.90. The van der Waals surface area contributed by atoms with E-state index in [-0.39, 0.29) is 12.1 Å². The number of thioether (sulfide) groups is 1. The SMILES string of the molecule is CC[C@H]1CSC2=N[C@@H](c3ccccn3)[C@@H](c3cccn3-c3ccc(Cl)cn3)N21. The second kappa shape index (κ2) is 7.26. The summed E-state index contributed by atoms with van der Waals surface area (Å²) in [6.45, 7) is 2.25. The number of pyridine rings is 2. The second-order valence-electron chi connectivity index (χ2n) is 6.97. The van der Waals surface area contributed by atoms with Crippen LogP contribution in [0.5, 0.6) is 0 Å². The first-order valence-electron chi connectivity index (χ1n) is 9.45. The summed E-state index contributed by atoms with van der Waals surface area (Å²) in [6.07, 6.45) is 6.69. The van der Waals surface area contributed by atoms with Crippen molar-refractivity contribution in [1.29, 1.82) is 0 Å². The van der Waals surface area contributed by atoms with Crippen molar-refractivity contribution in [1.82, 2.24) is 19.4 Å². The minimum Gasteiger partial charge on any atom is -0.337 e. The van der Waals surface area contributed by atoms with Crippen LogP contribution in [-0.4, -0.2) is 36.4 Å². The van der Waals surface area contributed by atoms with Gasteiger partial charge in [-0.2, -0.15) is 0 Å². The number of hydrogen-bond donors (Lipinski definition) is 0. The fourth-order valence-corrected chi connectivity index (χ4v) is 5.47. The summed E-state index contributed by atoms with van der Waals surface area (Å²) in [5.41, 5.74) is 2.17. The lowest BCUT2D eigenvalue weighted by atomic mass is 9.99. The van der Waals surface area contributed by atoms with Crippen molar-refractivity contribution < 1.29 is 0 Å². The third kappa shape index (κ3) is 2.91. The number of aromatic nitrogens is 3. The quantitative estimate of drug-likeness (QED) is 0.614. The molecule has 0 spiro atoms. The van der Waals surface area contributed by atoms with Crippen LogP contribution < -0.4 is 0 Å². The number of halogens is 1. The molecule has 7 heteroatoms. The lowest BCUT2D eigenvalue weighted by Gasteiger charge is -2.32. The molecule has 3 aromatic heterocycles. The third-order valence-electron chi connectivity index (χ3n) is 5.37. The van der Waals surface area contributed by atoms with E-state index in [2.05, 4.69) is 50.8 Å². The number of nitrogens with zero attached hydrogens (tertiary/aromatic N) is 5. The van der Waals surface area contributed by atoms with Crippen molar-refractivity contribution >= 4 is 28.5 Å². The Hall–Kier alpha value is -2.31. The normalized spacial score (nSPS) is 23.7. The van der Waals surface area contributed by atoms with E-state index in [1.807, 2.05) is 42.2 Å². The predicted octanol–water partition coefficient (Wildman–Crippen LogP) is 4.90. The van der Waals surface area contributed by atoms with E-state index in [1.165, 1.54) is 5.69 Å². The highest BCUT2D eigenvalue weighted by atomic mass is 35.5. The van der Waals surface area contributed by atoms with Gasteiger partial charge in [0.2, 0.25) is 0 Å². The van der Waals surface area contributed by atoms with Crippen LogP contribution in [0.2, 0.25) is 5.02 Å². The lowest BCUT2D eigenvalue weighted by Crippen LogP contribution is -2.36. The van der Waals surface area contributed by atoms with E-state index in [9.17, 15) is 0 Å². The van der Waals surface area contributed by atoms with Crippen LogP contribution in [-0.2, 0) is 0 Å². The first-order chi connectivity index (χ1) is 13.8. The molecule has 0 saturated carbocycles. The van der Waals surface area contributed by atoms with Crippen LogP contribution in [0.4, 0.5) is 0 Å². The predicted molar refractivity (Wildman–Crippen MR) is 114 cm³/mol. The van der Waals surface area contributed by atoms with Gasteiger partial charge in [-0.3, -0.25) is 9.98 Å². The van der Waals surface area contributed by atoms with Gasteiger partial charge in [0.15, 0.2) is 5.17 Å². The number of rotatable bonds is 4. The molecule has 0 aromatic carbocycles. The van der Waals surface area contributed by atoms with Crippen LogP contribution in [0, 0.1) is 0 Å². The van der Waals surface area contributed by atoms with Crippen LogP contribution in [0.1, 0.15) is 36.8 Å². The second-order valence-corrected chi connectivity index (χ2v) is 8.40. The van der Waals surface area contributed by atoms with Crippen LogP contribution in [0.15, 0.2) is 66.0 Å². The Kier molecular flexibility index (Phi) is 4.61. The maximum absolute atomic E-state index is 6.04. The molecule has 0 bridgehead atoms. The zero-order valence-corrected chi connectivity index (χ0v) is 17.0. The van der Waals surface area contributed by atoms with Gasteiger partial charge in [0.25, 0.3) is 0 Å². The van der Waals surface area contributed by atoms with Crippen molar-refractivity contribution in [3.63, 3.8) is 0 Å². The molecular formula is C21H20ClN5S. The van der Waals surface area contributed by atoms with Gasteiger partial charge in [0, 0.05) is 36.1 Å². The van der Waals surface area contributed by atoms with Gasteiger partial charge < -0.3 is 9.47 Å². The molecule has 0 amide bonds. The van der Waals surface area contributed by atoms with Gasteiger partial charge in [-0.25, -0.2) is 4.98 Å². The smallest absolute Gasteiger partial charge is 0.160 e. The van der Waals surface area contributed by atoms with E-state index < -0.39 is 0 Å². The highest BCUT2D eigenvalue weighted by Crippen LogP contribution is 2.48. The van der Waals surface area contributed by atoms with Gasteiger partial charge in [0.1, 0.15) is 17.9 Å². The molecule has 3 aromatic rings. The minimum atomic E-state index is -0.0287. The Labute approximate surface area is 173 Å². The zero-order chi connectivity index (χ0) is 19.1. The fourth-order valence-electron chi connectivity index (χ4n) is 4.03. The van der Waals surface area contributed by atoms with Crippen molar-refractivity contribution in [2.24, 2.45) is 4.99 Å². The molecule has 1 fully saturated rings. The maximum Gasteiger partial charge on any atom is 0.160 e. The Balaban J connectivity index is 1.62. The van der Waals surface area contributed by atoms with Gasteiger partial charge in [-0.05, 0) is 42.8 Å². The molecule has 142 valence electrons. The third-order valence-corrected chi connectivity index (χ3v) is 6.72. The van der Waals surface area contributed by atoms with E-state index in [0.29, 0.717) is 11.1 Å². The largest absolute Gasteiger partial charge is 0.337 e. The number of hydrogen-bond acceptors (Lipinski definition) is 5. The molecule has 2 aliphatic heterocycles. The van der Waals surface area contributed by atoms with Crippen molar-refractivity contribution in [3.05, 3.63) is 77.5 Å². The average molecular weight is 410 g/mol. The van der Waals surface area contributed by atoms with Crippen molar-refractivity contribution in [3.8, 4) is 5.82 Å². The molecule has 5 heterocycles. The molecule has 3 atom stereocenters. The summed E-state index contributed by atoms with van der Waals surface area (Å²) < 4.78 is 2.14. The summed E-state index contributed by atoms with van der Waals surface area (Å²) in [5, 5.41) is 1.77. The Bertz CT molecular complexity index is 1000. The van der Waals surface area contributed by atoms with E-state index in [1.54, 1.807) is 6.20 Å². The van der Waals surface area contributed by atoms with Crippen molar-refractivity contribution in [2.45, 2.75) is 31.5 Å². The maximum atomic E-state index is 6.04. The van der Waals surface area contributed by atoms with Crippen LogP contribution in [0.3, 0.4) is 0 Å². The van der Waals surface area contributed by atoms with Crippen LogP contribution >= 0.6 is 23.4 Å². The number of amidine groups is 1. The molecular weight excluding hydrogens is 390 g/mol. The molecule has 5 rings (SSSR count). The fraction of sp³-hybridized carbons (Fsp3) is 0.286. The monoisotopic (exact) mass is 409 g/mol. The first kappa shape index (κ1) is 17.8. The summed E-state index contributed by atoms with van der Waals surface area (Å²) in [5.74, 6) is 1.94. The van der Waals surface area contributed by atoms with Crippen molar-refractivity contribution in [2.75, 3.05) is 5.75 Å². The van der Waals surface area contributed by atoms with Gasteiger partial charge >= 0.3 is 0 Å².